The van der Waals surface area contributed by atoms with Crippen LogP contribution in [-0.2, 0) is 0 Å². The van der Waals surface area contributed by atoms with Crippen LogP contribution in [0.2, 0.25) is 0 Å². The van der Waals surface area contributed by atoms with Gasteiger partial charge in [-0.15, -0.1) is 0 Å². The van der Waals surface area contributed by atoms with Gasteiger partial charge in [-0.05, 0) is 23.8 Å². The predicted octanol–water partition coefficient (Wildman–Crippen LogP) is 3.58. The molecule has 0 heterocycles. The summed E-state index contributed by atoms with van der Waals surface area (Å²) < 4.78 is 39.7. The highest BCUT2D eigenvalue weighted by atomic mass is 19.2. The summed E-state index contributed by atoms with van der Waals surface area (Å²) in [6.45, 7) is 0. The molecule has 0 atom stereocenters. The van der Waals surface area contributed by atoms with Gasteiger partial charge >= 0.3 is 0 Å². The molecule has 2 aromatic rings. The van der Waals surface area contributed by atoms with Crippen LogP contribution < -0.4 is 0 Å². The fraction of sp³-hybridized carbons (Fsp3) is 0. The lowest BCUT2D eigenvalue weighted by Crippen LogP contribution is -1.92. The van der Waals surface area contributed by atoms with Gasteiger partial charge in [0, 0.05) is 5.56 Å². The van der Waals surface area contributed by atoms with Gasteiger partial charge in [-0.3, -0.25) is 4.79 Å². The first-order valence-corrected chi connectivity index (χ1v) is 4.82. The van der Waals surface area contributed by atoms with Gasteiger partial charge in [0.15, 0.2) is 17.9 Å². The van der Waals surface area contributed by atoms with Crippen LogP contribution in [0, 0.1) is 17.5 Å². The van der Waals surface area contributed by atoms with E-state index in [0.717, 1.165) is 12.1 Å². The first-order valence-electron chi connectivity index (χ1n) is 4.82. The Morgan fingerprint density at radius 2 is 1.71 bits per heavy atom. The molecule has 2 rings (SSSR count). The highest BCUT2D eigenvalue weighted by Crippen LogP contribution is 2.25. The summed E-state index contributed by atoms with van der Waals surface area (Å²) in [5.41, 5.74) is 0.0250. The van der Waals surface area contributed by atoms with E-state index in [1.807, 2.05) is 0 Å². The van der Waals surface area contributed by atoms with Crippen LogP contribution in [0.25, 0.3) is 11.1 Å². The van der Waals surface area contributed by atoms with Crippen LogP contribution in [0.1, 0.15) is 10.4 Å². The first kappa shape index (κ1) is 11.4. The summed E-state index contributed by atoms with van der Waals surface area (Å²) in [7, 11) is 0. The van der Waals surface area contributed by atoms with E-state index in [1.165, 1.54) is 24.3 Å². The lowest BCUT2D eigenvalue weighted by Gasteiger charge is -2.05. The molecule has 0 bridgehead atoms. The largest absolute Gasteiger partial charge is 0.298 e. The van der Waals surface area contributed by atoms with E-state index in [1.54, 1.807) is 0 Å². The van der Waals surface area contributed by atoms with Crippen LogP contribution in [0.4, 0.5) is 13.2 Å². The lowest BCUT2D eigenvalue weighted by molar-refractivity contribution is 0.112. The quantitative estimate of drug-likeness (QED) is 0.728. The summed E-state index contributed by atoms with van der Waals surface area (Å²) in [5, 5.41) is 0. The fourth-order valence-corrected chi connectivity index (χ4v) is 1.52. The van der Waals surface area contributed by atoms with Gasteiger partial charge in [-0.25, -0.2) is 13.2 Å². The second-order valence-electron chi connectivity index (χ2n) is 3.46. The highest BCUT2D eigenvalue weighted by molar-refractivity contribution is 5.77. The molecule has 2 aromatic carbocycles. The molecule has 17 heavy (non-hydrogen) atoms. The van der Waals surface area contributed by atoms with Crippen LogP contribution in [0.15, 0.2) is 36.4 Å². The number of aldehydes is 1. The SMILES string of the molecule is O=Cc1ccc(-c2cccc(F)c2F)cc1F. The second kappa shape index (κ2) is 4.41. The molecule has 86 valence electrons. The van der Waals surface area contributed by atoms with Crippen molar-refractivity contribution in [3.05, 3.63) is 59.4 Å². The molecule has 0 fully saturated rings. The summed E-state index contributed by atoms with van der Waals surface area (Å²) in [5.74, 6) is -2.80. The van der Waals surface area contributed by atoms with Crippen LogP contribution in [0.3, 0.4) is 0 Å². The van der Waals surface area contributed by atoms with Gasteiger partial charge in [0.25, 0.3) is 0 Å². The maximum atomic E-state index is 13.4. The zero-order chi connectivity index (χ0) is 12.4. The van der Waals surface area contributed by atoms with Gasteiger partial charge in [-0.1, -0.05) is 18.2 Å². The lowest BCUT2D eigenvalue weighted by atomic mass is 10.0. The normalized spacial score (nSPS) is 10.3. The molecule has 1 nitrogen and oxygen atoms in total. The first-order chi connectivity index (χ1) is 8.13. The van der Waals surface area contributed by atoms with Crippen LogP contribution in [0.5, 0.6) is 0 Å². The van der Waals surface area contributed by atoms with E-state index in [-0.39, 0.29) is 16.7 Å². The van der Waals surface area contributed by atoms with E-state index in [2.05, 4.69) is 0 Å². The van der Waals surface area contributed by atoms with Gasteiger partial charge in [0.05, 0.1) is 5.56 Å². The molecule has 0 aliphatic carbocycles. The smallest absolute Gasteiger partial charge is 0.166 e. The third-order valence-corrected chi connectivity index (χ3v) is 2.39. The molecule has 0 amide bonds. The van der Waals surface area contributed by atoms with Crippen molar-refractivity contribution in [1.82, 2.24) is 0 Å². The van der Waals surface area contributed by atoms with Crippen molar-refractivity contribution in [2.75, 3.05) is 0 Å². The monoisotopic (exact) mass is 236 g/mol. The number of carbonyl (C=O) groups is 1. The van der Waals surface area contributed by atoms with Gasteiger partial charge < -0.3 is 0 Å². The standard InChI is InChI=1S/C13H7F3O/c14-11-3-1-2-10(13(11)16)8-4-5-9(7-17)12(15)6-8/h1-7H. The van der Waals surface area contributed by atoms with Gasteiger partial charge in [0.1, 0.15) is 5.82 Å². The van der Waals surface area contributed by atoms with Crippen molar-refractivity contribution in [3.63, 3.8) is 0 Å². The zero-order valence-electron chi connectivity index (χ0n) is 8.58. The molecule has 0 unspecified atom stereocenters. The molecule has 0 spiro atoms. The minimum Gasteiger partial charge on any atom is -0.298 e. The number of hydrogen-bond donors (Lipinski definition) is 0. The van der Waals surface area contributed by atoms with Crippen molar-refractivity contribution in [3.8, 4) is 11.1 Å². The predicted molar refractivity (Wildman–Crippen MR) is 57.1 cm³/mol. The number of hydrogen-bond acceptors (Lipinski definition) is 1. The van der Waals surface area contributed by atoms with E-state index < -0.39 is 17.5 Å². The van der Waals surface area contributed by atoms with Crippen molar-refractivity contribution < 1.29 is 18.0 Å². The Hall–Kier alpha value is -2.10. The summed E-state index contributed by atoms with van der Waals surface area (Å²) in [4.78, 5) is 10.4. The molecule has 0 aliphatic rings. The van der Waals surface area contributed by atoms with E-state index >= 15 is 0 Å². The number of carbonyl (C=O) groups excluding carboxylic acids is 1. The van der Waals surface area contributed by atoms with Gasteiger partial charge in [0.2, 0.25) is 0 Å². The van der Waals surface area contributed by atoms with E-state index in [0.29, 0.717) is 6.29 Å². The molecule has 0 aliphatic heterocycles. The molecule has 0 aromatic heterocycles. The van der Waals surface area contributed by atoms with Crippen molar-refractivity contribution in [2.45, 2.75) is 0 Å². The molecule has 4 heteroatoms. The fourth-order valence-electron chi connectivity index (χ4n) is 1.52. The average Bonchev–Trinajstić information content (AvgIpc) is 2.32. The molecular formula is C13H7F3O. The Kier molecular flexibility index (Phi) is 2.95. The molecular weight excluding hydrogens is 229 g/mol. The molecule has 0 radical (unpaired) electrons. The van der Waals surface area contributed by atoms with Crippen molar-refractivity contribution in [1.29, 1.82) is 0 Å². The minimum atomic E-state index is -1.04. The van der Waals surface area contributed by atoms with Gasteiger partial charge in [-0.2, -0.15) is 0 Å². The Balaban J connectivity index is 2.57. The molecule has 0 N–H and O–H groups in total. The number of rotatable bonds is 2. The van der Waals surface area contributed by atoms with Crippen LogP contribution in [-0.4, -0.2) is 6.29 Å². The summed E-state index contributed by atoms with van der Waals surface area (Å²) in [6.07, 6.45) is 0.362. The molecule has 0 saturated heterocycles. The number of benzene rings is 2. The topological polar surface area (TPSA) is 17.1 Å². The third kappa shape index (κ3) is 2.06. The zero-order valence-corrected chi connectivity index (χ0v) is 8.58. The third-order valence-electron chi connectivity index (χ3n) is 2.39. The Morgan fingerprint density at radius 3 is 2.35 bits per heavy atom. The van der Waals surface area contributed by atoms with Crippen molar-refractivity contribution in [2.24, 2.45) is 0 Å². The van der Waals surface area contributed by atoms with E-state index in [4.69, 9.17) is 0 Å². The van der Waals surface area contributed by atoms with Crippen molar-refractivity contribution >= 4 is 6.29 Å². The summed E-state index contributed by atoms with van der Waals surface area (Å²) >= 11 is 0. The van der Waals surface area contributed by atoms with Crippen LogP contribution >= 0.6 is 0 Å². The maximum Gasteiger partial charge on any atom is 0.166 e. The number of halogens is 3. The molecule has 0 saturated carbocycles. The Labute approximate surface area is 95.5 Å². The summed E-state index contributed by atoms with van der Waals surface area (Å²) in [6, 6.07) is 7.25. The second-order valence-corrected chi connectivity index (χ2v) is 3.46. The minimum absolute atomic E-state index is 0.0404. The highest BCUT2D eigenvalue weighted by Gasteiger charge is 2.11. The Morgan fingerprint density at radius 1 is 0.941 bits per heavy atom. The van der Waals surface area contributed by atoms with E-state index in [9.17, 15) is 18.0 Å². The Bertz CT molecular complexity index is 579. The average molecular weight is 236 g/mol. The maximum absolute atomic E-state index is 13.4.